The molecule has 0 aromatic carbocycles. The van der Waals surface area contributed by atoms with Crippen LogP contribution in [0.3, 0.4) is 0 Å². The predicted octanol–water partition coefficient (Wildman–Crippen LogP) is -0.670. The van der Waals surface area contributed by atoms with E-state index in [1.54, 1.807) is 0 Å². The average molecular weight is 234 g/mol. The Kier molecular flexibility index (Phi) is 4.36. The minimum atomic E-state index is -0.582. The average Bonchev–Trinajstić information content (AvgIpc) is 2.21. The lowest BCUT2D eigenvalue weighted by atomic mass is 10.1. The summed E-state index contributed by atoms with van der Waals surface area (Å²) in [6, 6.07) is -0.715. The lowest BCUT2D eigenvalue weighted by Gasteiger charge is -2.23. The van der Waals surface area contributed by atoms with E-state index >= 15 is 0 Å². The fraction of sp³-hybridized carbons (Fsp3) is 0.625. The number of hydrogen-bond donors (Lipinski definition) is 3. The second-order valence-electron chi connectivity index (χ2n) is 3.19. The first-order valence-corrected chi connectivity index (χ1v) is 5.08. The van der Waals surface area contributed by atoms with Crippen molar-refractivity contribution in [3.8, 4) is 0 Å². The minimum Gasteiger partial charge on any atom is -0.354 e. The van der Waals surface area contributed by atoms with Gasteiger partial charge in [-0.25, -0.2) is 4.79 Å². The summed E-state index contributed by atoms with van der Waals surface area (Å²) >= 11 is 5.21. The fourth-order valence-electron chi connectivity index (χ4n) is 1.24. The molecule has 3 N–H and O–H groups in total. The van der Waals surface area contributed by atoms with Gasteiger partial charge < -0.3 is 10.6 Å². The normalized spacial score (nSPS) is 20.3. The Bertz CT molecular complexity index is 272. The molecule has 0 radical (unpaired) electrons. The van der Waals surface area contributed by atoms with Gasteiger partial charge in [0, 0.05) is 19.0 Å². The molecule has 0 spiro atoms. The van der Waals surface area contributed by atoms with Gasteiger partial charge in [-0.15, -0.1) is 11.6 Å². The molecule has 0 bridgehead atoms. The van der Waals surface area contributed by atoms with Crippen LogP contribution in [0.25, 0.3) is 0 Å². The number of carbonyl (C=O) groups excluding carboxylic acids is 3. The molecule has 84 valence electrons. The SMILES string of the molecule is O=C1CCC(NC(=O)NC(=O)CCl)CN1. The molecule has 6 nitrogen and oxygen atoms in total. The van der Waals surface area contributed by atoms with Crippen molar-refractivity contribution in [3.63, 3.8) is 0 Å². The standard InChI is InChI=1S/C8H12ClN3O3/c9-3-7(14)12-8(15)11-5-1-2-6(13)10-4-5/h5H,1-4H2,(H,10,13)(H2,11,12,14,15). The lowest BCUT2D eigenvalue weighted by molar-refractivity contribution is -0.122. The summed E-state index contributed by atoms with van der Waals surface area (Å²) < 4.78 is 0. The summed E-state index contributed by atoms with van der Waals surface area (Å²) in [5, 5.41) is 7.23. The zero-order valence-corrected chi connectivity index (χ0v) is 8.76. The quantitative estimate of drug-likeness (QED) is 0.553. The Morgan fingerprint density at radius 2 is 2.27 bits per heavy atom. The van der Waals surface area contributed by atoms with Gasteiger partial charge in [-0.3, -0.25) is 14.9 Å². The first-order valence-electron chi connectivity index (χ1n) is 4.55. The van der Waals surface area contributed by atoms with Gasteiger partial charge in [-0.2, -0.15) is 0 Å². The van der Waals surface area contributed by atoms with Crippen molar-refractivity contribution < 1.29 is 14.4 Å². The Morgan fingerprint density at radius 1 is 1.53 bits per heavy atom. The van der Waals surface area contributed by atoms with Crippen molar-refractivity contribution in [1.29, 1.82) is 0 Å². The highest BCUT2D eigenvalue weighted by atomic mass is 35.5. The third-order valence-electron chi connectivity index (χ3n) is 1.98. The third kappa shape index (κ3) is 4.16. The summed E-state index contributed by atoms with van der Waals surface area (Å²) in [7, 11) is 0. The number of amides is 4. The zero-order chi connectivity index (χ0) is 11.3. The number of piperidine rings is 1. The molecule has 0 aliphatic carbocycles. The number of urea groups is 1. The highest BCUT2D eigenvalue weighted by Crippen LogP contribution is 2.01. The summed E-state index contributed by atoms with van der Waals surface area (Å²) in [4.78, 5) is 32.7. The first-order chi connectivity index (χ1) is 7.11. The van der Waals surface area contributed by atoms with E-state index in [-0.39, 0.29) is 17.8 Å². The molecule has 1 aliphatic rings. The molecule has 0 aromatic heterocycles. The van der Waals surface area contributed by atoms with Crippen molar-refractivity contribution in [2.45, 2.75) is 18.9 Å². The predicted molar refractivity (Wildman–Crippen MR) is 53.4 cm³/mol. The fourth-order valence-corrected chi connectivity index (χ4v) is 1.30. The van der Waals surface area contributed by atoms with Gasteiger partial charge in [0.05, 0.1) is 0 Å². The maximum atomic E-state index is 11.1. The van der Waals surface area contributed by atoms with E-state index in [2.05, 4.69) is 16.0 Å². The topological polar surface area (TPSA) is 87.3 Å². The van der Waals surface area contributed by atoms with Crippen molar-refractivity contribution >= 4 is 29.4 Å². The second kappa shape index (κ2) is 5.55. The number of alkyl halides is 1. The second-order valence-corrected chi connectivity index (χ2v) is 3.46. The molecule has 4 amide bonds. The van der Waals surface area contributed by atoms with E-state index in [1.165, 1.54) is 0 Å². The van der Waals surface area contributed by atoms with Crippen LogP contribution < -0.4 is 16.0 Å². The number of halogens is 1. The molecule has 1 rings (SSSR count). The molecular formula is C8H12ClN3O3. The monoisotopic (exact) mass is 233 g/mol. The molecule has 7 heteroatoms. The Hall–Kier alpha value is -1.30. The Morgan fingerprint density at radius 3 is 2.80 bits per heavy atom. The lowest BCUT2D eigenvalue weighted by Crippen LogP contribution is -2.51. The Labute approximate surface area is 91.7 Å². The minimum absolute atomic E-state index is 0.0229. The largest absolute Gasteiger partial charge is 0.354 e. The van der Waals surface area contributed by atoms with E-state index in [1.807, 2.05) is 0 Å². The van der Waals surface area contributed by atoms with E-state index < -0.39 is 11.9 Å². The van der Waals surface area contributed by atoms with Gasteiger partial charge in [0.2, 0.25) is 11.8 Å². The molecule has 1 heterocycles. The smallest absolute Gasteiger partial charge is 0.321 e. The molecule has 0 saturated carbocycles. The molecule has 1 unspecified atom stereocenters. The van der Waals surface area contributed by atoms with Crippen molar-refractivity contribution in [3.05, 3.63) is 0 Å². The van der Waals surface area contributed by atoms with Crippen LogP contribution in [0.1, 0.15) is 12.8 Å². The number of imide groups is 1. The van der Waals surface area contributed by atoms with Crippen LogP contribution in [0.15, 0.2) is 0 Å². The maximum Gasteiger partial charge on any atom is 0.321 e. The molecule has 1 saturated heterocycles. The van der Waals surface area contributed by atoms with Gasteiger partial charge in [0.25, 0.3) is 0 Å². The van der Waals surface area contributed by atoms with Crippen LogP contribution in [0.2, 0.25) is 0 Å². The number of nitrogens with one attached hydrogen (secondary N) is 3. The van der Waals surface area contributed by atoms with Crippen LogP contribution >= 0.6 is 11.6 Å². The van der Waals surface area contributed by atoms with E-state index in [0.29, 0.717) is 19.4 Å². The first kappa shape index (κ1) is 11.8. The summed E-state index contributed by atoms with van der Waals surface area (Å²) in [6.07, 6.45) is 0.961. The summed E-state index contributed by atoms with van der Waals surface area (Å²) in [5.74, 6) is -0.825. The summed E-state index contributed by atoms with van der Waals surface area (Å²) in [6.45, 7) is 0.390. The van der Waals surface area contributed by atoms with E-state index in [4.69, 9.17) is 11.6 Å². The number of carbonyl (C=O) groups is 3. The van der Waals surface area contributed by atoms with Crippen molar-refractivity contribution in [2.24, 2.45) is 0 Å². The van der Waals surface area contributed by atoms with Gasteiger partial charge in [0.1, 0.15) is 5.88 Å². The van der Waals surface area contributed by atoms with Crippen molar-refractivity contribution in [2.75, 3.05) is 12.4 Å². The van der Waals surface area contributed by atoms with E-state index in [9.17, 15) is 14.4 Å². The maximum absolute atomic E-state index is 11.1. The van der Waals surface area contributed by atoms with Crippen LogP contribution in [-0.4, -0.2) is 36.3 Å². The number of hydrogen-bond acceptors (Lipinski definition) is 3. The molecule has 15 heavy (non-hydrogen) atoms. The highest BCUT2D eigenvalue weighted by Gasteiger charge is 2.19. The highest BCUT2D eigenvalue weighted by molar-refractivity contribution is 6.28. The molecule has 1 fully saturated rings. The van der Waals surface area contributed by atoms with Gasteiger partial charge in [-0.05, 0) is 6.42 Å². The van der Waals surface area contributed by atoms with Gasteiger partial charge in [0.15, 0.2) is 0 Å². The van der Waals surface area contributed by atoms with E-state index in [0.717, 1.165) is 0 Å². The third-order valence-corrected chi connectivity index (χ3v) is 2.22. The molecular weight excluding hydrogens is 222 g/mol. The Balaban J connectivity index is 2.26. The van der Waals surface area contributed by atoms with Gasteiger partial charge in [-0.1, -0.05) is 0 Å². The summed E-state index contributed by atoms with van der Waals surface area (Å²) in [5.41, 5.74) is 0. The number of rotatable bonds is 2. The zero-order valence-electron chi connectivity index (χ0n) is 8.01. The van der Waals surface area contributed by atoms with Crippen LogP contribution in [0, 0.1) is 0 Å². The van der Waals surface area contributed by atoms with Gasteiger partial charge >= 0.3 is 6.03 Å². The molecule has 0 aromatic rings. The van der Waals surface area contributed by atoms with Crippen LogP contribution in [0.5, 0.6) is 0 Å². The molecule has 1 atom stereocenters. The van der Waals surface area contributed by atoms with Crippen LogP contribution in [0.4, 0.5) is 4.79 Å². The van der Waals surface area contributed by atoms with Crippen molar-refractivity contribution in [1.82, 2.24) is 16.0 Å². The van der Waals surface area contributed by atoms with Crippen LogP contribution in [-0.2, 0) is 9.59 Å². The molecule has 1 aliphatic heterocycles.